The molecule has 7 rings (SSSR count). The van der Waals surface area contributed by atoms with Crippen LogP contribution in [0.15, 0.2) is 158 Å². The molecule has 264 valence electrons. The fourth-order valence-corrected chi connectivity index (χ4v) is 6.78. The Kier molecular flexibility index (Phi) is 9.72. The summed E-state index contributed by atoms with van der Waals surface area (Å²) in [7, 11) is 0. The third-order valence-electron chi connectivity index (χ3n) is 9.71. The summed E-state index contributed by atoms with van der Waals surface area (Å²) in [5.41, 5.74) is 11.6. The van der Waals surface area contributed by atoms with Gasteiger partial charge in [0.25, 0.3) is 0 Å². The highest BCUT2D eigenvalue weighted by Crippen LogP contribution is 2.42. The molecule has 0 atom stereocenters. The zero-order chi connectivity index (χ0) is 37.2. The van der Waals surface area contributed by atoms with Gasteiger partial charge in [-0.2, -0.15) is 0 Å². The summed E-state index contributed by atoms with van der Waals surface area (Å²) in [5, 5.41) is 11.7. The van der Waals surface area contributed by atoms with E-state index in [1.54, 1.807) is 0 Å². The molecule has 0 saturated carbocycles. The van der Waals surface area contributed by atoms with Gasteiger partial charge in [0.15, 0.2) is 0 Å². The number of para-hydroxylation sites is 1. The molecular weight excluding hydrogens is 647 g/mol. The van der Waals surface area contributed by atoms with Gasteiger partial charge >= 0.3 is 0 Å². The Hall–Kier alpha value is -6.00. The number of nitrogens with zero attached hydrogens (tertiary/aromatic N) is 3. The zero-order valence-electron chi connectivity index (χ0n) is 31.5. The highest BCUT2D eigenvalue weighted by molar-refractivity contribution is 5.83. The van der Waals surface area contributed by atoms with Gasteiger partial charge < -0.3 is 5.11 Å². The molecule has 0 saturated heterocycles. The molecule has 0 unspecified atom stereocenters. The standard InChI is InChI=1S/C49H47N3O/c1-48(2,3)39-29-38(44-31-37(36-18-11-8-12-19-36)32-45(51-44)42-20-15-21-43(47(42)53)49(4,5)6)30-41(33-39)52(46-22-13-14-27-50-46)40-25-23-35(24-26-40)28-34-16-9-7-10-17-34/h7-27,29-33,53H,28H2,1-6H3. The SMILES string of the molecule is CC(C)(C)c1cc(-c2cc(-c3ccccc3)cc(-c3cccc(C(C)(C)C)c3O)n2)cc(N(c2ccc(Cc3ccccc3)cc2)c2ccccn2)c1. The van der Waals surface area contributed by atoms with Crippen LogP contribution in [0.5, 0.6) is 5.75 Å². The summed E-state index contributed by atoms with van der Waals surface area (Å²) in [6, 6.07) is 52.8. The summed E-state index contributed by atoms with van der Waals surface area (Å²) < 4.78 is 0. The maximum Gasteiger partial charge on any atom is 0.137 e. The Morgan fingerprint density at radius 2 is 1.19 bits per heavy atom. The van der Waals surface area contributed by atoms with Gasteiger partial charge in [-0.15, -0.1) is 0 Å². The number of rotatable bonds is 8. The minimum atomic E-state index is -0.232. The molecule has 0 aliphatic carbocycles. The number of pyridine rings is 2. The first kappa shape index (κ1) is 35.4. The number of aromatic nitrogens is 2. The third kappa shape index (κ3) is 7.93. The van der Waals surface area contributed by atoms with Crippen molar-refractivity contribution in [2.24, 2.45) is 0 Å². The van der Waals surface area contributed by atoms with Crippen LogP contribution < -0.4 is 4.90 Å². The average molecular weight is 694 g/mol. The van der Waals surface area contributed by atoms with E-state index in [-0.39, 0.29) is 16.6 Å². The van der Waals surface area contributed by atoms with Crippen molar-refractivity contribution in [1.82, 2.24) is 9.97 Å². The molecule has 0 spiro atoms. The highest BCUT2D eigenvalue weighted by atomic mass is 16.3. The van der Waals surface area contributed by atoms with Crippen molar-refractivity contribution in [2.75, 3.05) is 4.90 Å². The second-order valence-corrected chi connectivity index (χ2v) is 15.8. The highest BCUT2D eigenvalue weighted by Gasteiger charge is 2.24. The summed E-state index contributed by atoms with van der Waals surface area (Å²) in [6.45, 7) is 13.1. The topological polar surface area (TPSA) is 49.3 Å². The first-order chi connectivity index (χ1) is 25.4. The van der Waals surface area contributed by atoms with Crippen molar-refractivity contribution in [1.29, 1.82) is 0 Å². The normalized spacial score (nSPS) is 11.7. The maximum atomic E-state index is 11.7. The second kappa shape index (κ2) is 14.6. The van der Waals surface area contributed by atoms with Crippen LogP contribution in [0.3, 0.4) is 0 Å². The fraction of sp³-hybridized carbons (Fsp3) is 0.184. The van der Waals surface area contributed by atoms with Crippen molar-refractivity contribution in [3.63, 3.8) is 0 Å². The molecular formula is C49H47N3O. The number of aromatic hydroxyl groups is 1. The Balaban J connectivity index is 1.41. The predicted molar refractivity (Wildman–Crippen MR) is 221 cm³/mol. The van der Waals surface area contributed by atoms with Crippen LogP contribution in [0.1, 0.15) is 63.8 Å². The molecule has 53 heavy (non-hydrogen) atoms. The van der Waals surface area contributed by atoms with Gasteiger partial charge in [0, 0.05) is 28.7 Å². The molecule has 5 aromatic carbocycles. The summed E-state index contributed by atoms with van der Waals surface area (Å²) in [4.78, 5) is 12.4. The van der Waals surface area contributed by atoms with E-state index in [0.717, 1.165) is 62.8 Å². The molecule has 0 aliphatic heterocycles. The minimum absolute atomic E-state index is 0.154. The number of hydrogen-bond acceptors (Lipinski definition) is 4. The largest absolute Gasteiger partial charge is 0.507 e. The molecule has 7 aromatic rings. The number of hydrogen-bond donors (Lipinski definition) is 1. The van der Waals surface area contributed by atoms with Crippen LogP contribution in [0.4, 0.5) is 17.2 Å². The fourth-order valence-electron chi connectivity index (χ4n) is 6.78. The smallest absolute Gasteiger partial charge is 0.137 e. The van der Waals surface area contributed by atoms with Gasteiger partial charge in [-0.1, -0.05) is 133 Å². The van der Waals surface area contributed by atoms with Crippen LogP contribution in [0.25, 0.3) is 33.6 Å². The molecule has 1 N–H and O–H groups in total. The van der Waals surface area contributed by atoms with Crippen LogP contribution in [0.2, 0.25) is 0 Å². The summed E-state index contributed by atoms with van der Waals surface area (Å²) in [6.07, 6.45) is 2.71. The van der Waals surface area contributed by atoms with Crippen LogP contribution in [-0.4, -0.2) is 15.1 Å². The van der Waals surface area contributed by atoms with Crippen LogP contribution >= 0.6 is 0 Å². The van der Waals surface area contributed by atoms with Gasteiger partial charge in [-0.05, 0) is 111 Å². The van der Waals surface area contributed by atoms with Gasteiger partial charge in [0.05, 0.1) is 11.4 Å². The summed E-state index contributed by atoms with van der Waals surface area (Å²) >= 11 is 0. The van der Waals surface area contributed by atoms with Crippen molar-refractivity contribution in [3.8, 4) is 39.4 Å². The molecule has 0 radical (unpaired) electrons. The minimum Gasteiger partial charge on any atom is -0.507 e. The van der Waals surface area contributed by atoms with Gasteiger partial charge in [0.2, 0.25) is 0 Å². The first-order valence-corrected chi connectivity index (χ1v) is 18.3. The quantitative estimate of drug-likeness (QED) is 0.172. The van der Waals surface area contributed by atoms with Crippen molar-refractivity contribution >= 4 is 17.2 Å². The number of phenols is 1. The molecule has 0 bridgehead atoms. The van der Waals surface area contributed by atoms with E-state index in [1.807, 2.05) is 42.6 Å². The lowest BCUT2D eigenvalue weighted by Gasteiger charge is -2.28. The van der Waals surface area contributed by atoms with E-state index in [2.05, 4.69) is 162 Å². The van der Waals surface area contributed by atoms with E-state index < -0.39 is 0 Å². The van der Waals surface area contributed by atoms with Crippen molar-refractivity contribution in [3.05, 3.63) is 180 Å². The van der Waals surface area contributed by atoms with Gasteiger partial charge in [0.1, 0.15) is 11.6 Å². The predicted octanol–water partition coefficient (Wildman–Crippen LogP) is 12.8. The lowest BCUT2D eigenvalue weighted by atomic mass is 9.84. The molecule has 0 aliphatic rings. The molecule has 2 heterocycles. The molecule has 4 heteroatoms. The Labute approximate surface area is 314 Å². The average Bonchev–Trinajstić information content (AvgIpc) is 3.16. The number of anilines is 3. The van der Waals surface area contributed by atoms with Gasteiger partial charge in [-0.25, -0.2) is 9.97 Å². The van der Waals surface area contributed by atoms with Crippen molar-refractivity contribution < 1.29 is 5.11 Å². The molecule has 0 fully saturated rings. The lowest BCUT2D eigenvalue weighted by Crippen LogP contribution is -2.15. The monoisotopic (exact) mass is 693 g/mol. The maximum absolute atomic E-state index is 11.7. The van der Waals surface area contributed by atoms with E-state index in [0.29, 0.717) is 0 Å². The van der Waals surface area contributed by atoms with Crippen LogP contribution in [-0.2, 0) is 17.3 Å². The zero-order valence-corrected chi connectivity index (χ0v) is 31.5. The van der Waals surface area contributed by atoms with E-state index in [1.165, 1.54) is 16.7 Å². The lowest BCUT2D eigenvalue weighted by molar-refractivity contribution is 0.448. The van der Waals surface area contributed by atoms with Crippen molar-refractivity contribution in [2.45, 2.75) is 58.8 Å². The molecule has 0 amide bonds. The Morgan fingerprint density at radius 1 is 0.528 bits per heavy atom. The Morgan fingerprint density at radius 3 is 1.85 bits per heavy atom. The van der Waals surface area contributed by atoms with E-state index in [4.69, 9.17) is 9.97 Å². The van der Waals surface area contributed by atoms with Gasteiger partial charge in [-0.3, -0.25) is 4.90 Å². The van der Waals surface area contributed by atoms with Crippen LogP contribution in [0, 0.1) is 0 Å². The number of benzene rings is 5. The van der Waals surface area contributed by atoms with E-state index >= 15 is 0 Å². The first-order valence-electron chi connectivity index (χ1n) is 18.3. The second-order valence-electron chi connectivity index (χ2n) is 15.8. The molecule has 4 nitrogen and oxygen atoms in total. The molecule has 2 aromatic heterocycles. The Bertz CT molecular complexity index is 2320. The number of phenolic OH excluding ortho intramolecular Hbond substituents is 1. The van der Waals surface area contributed by atoms with E-state index in [9.17, 15) is 5.11 Å². The third-order valence-corrected chi connectivity index (χ3v) is 9.71. The summed E-state index contributed by atoms with van der Waals surface area (Å²) in [5.74, 6) is 1.10.